The van der Waals surface area contributed by atoms with E-state index in [9.17, 15) is 18.0 Å². The molecule has 0 saturated carbocycles. The van der Waals surface area contributed by atoms with Crippen LogP contribution in [0.4, 0.5) is 13.2 Å². The van der Waals surface area contributed by atoms with Crippen LogP contribution in [0.15, 0.2) is 24.3 Å². The fourth-order valence-corrected chi connectivity index (χ4v) is 1.81. The van der Waals surface area contributed by atoms with Gasteiger partial charge in [-0.3, -0.25) is 4.79 Å². The molecule has 1 rings (SSSR count). The van der Waals surface area contributed by atoms with Crippen molar-refractivity contribution in [3.63, 3.8) is 0 Å². The van der Waals surface area contributed by atoms with E-state index in [1.165, 1.54) is 31.2 Å². The summed E-state index contributed by atoms with van der Waals surface area (Å²) in [4.78, 5) is 13.2. The van der Waals surface area contributed by atoms with Gasteiger partial charge in [0.15, 0.2) is 6.10 Å². The van der Waals surface area contributed by atoms with E-state index in [1.807, 2.05) is 6.07 Å². The Kier molecular flexibility index (Phi) is 6.23. The number of nitrogens with zero attached hydrogens (tertiary/aromatic N) is 2. The zero-order valence-corrected chi connectivity index (χ0v) is 12.4. The third-order valence-corrected chi connectivity index (χ3v) is 3.00. The zero-order valence-electron chi connectivity index (χ0n) is 12.4. The molecule has 22 heavy (non-hydrogen) atoms. The molecular formula is C15H17F3N2O2. The molecule has 1 aromatic carbocycles. The summed E-state index contributed by atoms with van der Waals surface area (Å²) in [5, 5.41) is 8.68. The van der Waals surface area contributed by atoms with Crippen LogP contribution in [0.1, 0.15) is 25.8 Å². The molecule has 0 aliphatic heterocycles. The molecule has 0 spiro atoms. The van der Waals surface area contributed by atoms with Gasteiger partial charge >= 0.3 is 6.18 Å². The van der Waals surface area contributed by atoms with Gasteiger partial charge in [0.1, 0.15) is 5.75 Å². The van der Waals surface area contributed by atoms with Crippen LogP contribution in [0.3, 0.4) is 0 Å². The van der Waals surface area contributed by atoms with E-state index in [-0.39, 0.29) is 13.1 Å². The van der Waals surface area contributed by atoms with E-state index in [1.54, 1.807) is 6.92 Å². The summed E-state index contributed by atoms with van der Waals surface area (Å²) in [5.74, 6) is -0.122. The van der Waals surface area contributed by atoms with E-state index in [0.29, 0.717) is 11.3 Å². The molecule has 1 amide bonds. The average Bonchev–Trinajstić information content (AvgIpc) is 2.47. The molecule has 1 aromatic rings. The lowest BCUT2D eigenvalue weighted by atomic mass is 10.2. The zero-order chi connectivity index (χ0) is 16.8. The maximum Gasteiger partial charge on any atom is 0.390 e. The Labute approximate surface area is 127 Å². The summed E-state index contributed by atoms with van der Waals surface area (Å²) in [5.41, 5.74) is 0.451. The van der Waals surface area contributed by atoms with Gasteiger partial charge in [-0.05, 0) is 38.1 Å². The van der Waals surface area contributed by atoms with Crippen molar-refractivity contribution in [3.05, 3.63) is 29.8 Å². The van der Waals surface area contributed by atoms with Crippen LogP contribution < -0.4 is 4.74 Å². The number of amides is 1. The largest absolute Gasteiger partial charge is 0.481 e. The Morgan fingerprint density at radius 3 is 2.41 bits per heavy atom. The first kappa shape index (κ1) is 17.8. The van der Waals surface area contributed by atoms with E-state index < -0.39 is 24.6 Å². The molecule has 0 N–H and O–H groups in total. The Bertz CT molecular complexity index is 535. The van der Waals surface area contributed by atoms with E-state index >= 15 is 0 Å². The maximum absolute atomic E-state index is 12.2. The molecule has 0 saturated heterocycles. The number of nitriles is 1. The summed E-state index contributed by atoms with van der Waals surface area (Å²) in [7, 11) is 0. The van der Waals surface area contributed by atoms with Crippen molar-refractivity contribution in [2.75, 3.05) is 13.1 Å². The van der Waals surface area contributed by atoms with Crippen LogP contribution in [0.25, 0.3) is 0 Å². The van der Waals surface area contributed by atoms with E-state index in [4.69, 9.17) is 10.00 Å². The van der Waals surface area contributed by atoms with Gasteiger partial charge in [0.25, 0.3) is 5.91 Å². The molecule has 7 heteroatoms. The third kappa shape index (κ3) is 5.64. The second kappa shape index (κ2) is 7.69. The molecule has 0 unspecified atom stereocenters. The second-order valence-electron chi connectivity index (χ2n) is 4.68. The highest BCUT2D eigenvalue weighted by molar-refractivity contribution is 5.80. The van der Waals surface area contributed by atoms with Crippen LogP contribution in [-0.2, 0) is 4.79 Å². The van der Waals surface area contributed by atoms with Crippen molar-refractivity contribution in [1.82, 2.24) is 4.90 Å². The minimum absolute atomic E-state index is 0.177. The summed E-state index contributed by atoms with van der Waals surface area (Å²) in [6, 6.07) is 8.09. The Hall–Kier alpha value is -2.23. The molecule has 0 heterocycles. The van der Waals surface area contributed by atoms with Gasteiger partial charge in [-0.15, -0.1) is 0 Å². The molecule has 0 radical (unpaired) electrons. The van der Waals surface area contributed by atoms with Crippen molar-refractivity contribution in [2.24, 2.45) is 0 Å². The molecule has 4 nitrogen and oxygen atoms in total. The minimum atomic E-state index is -4.30. The first-order valence-corrected chi connectivity index (χ1v) is 6.79. The monoisotopic (exact) mass is 314 g/mol. The summed E-state index contributed by atoms with van der Waals surface area (Å²) < 4.78 is 42.1. The topological polar surface area (TPSA) is 53.3 Å². The molecule has 0 fully saturated rings. The van der Waals surface area contributed by atoms with Crippen molar-refractivity contribution in [3.8, 4) is 11.8 Å². The standard InChI is InChI=1S/C15H17F3N2O2/c1-3-20(9-8-15(16,17)18)14(21)11(2)22-13-6-4-12(10-19)5-7-13/h4-7,11H,3,8-9H2,1-2H3/t11-/m1/s1. The lowest BCUT2D eigenvalue weighted by Gasteiger charge is -2.25. The highest BCUT2D eigenvalue weighted by atomic mass is 19.4. The van der Waals surface area contributed by atoms with Gasteiger partial charge in [0, 0.05) is 13.1 Å². The van der Waals surface area contributed by atoms with Crippen molar-refractivity contribution >= 4 is 5.91 Å². The maximum atomic E-state index is 12.2. The average molecular weight is 314 g/mol. The predicted molar refractivity (Wildman–Crippen MR) is 74.2 cm³/mol. The van der Waals surface area contributed by atoms with Crippen molar-refractivity contribution in [2.45, 2.75) is 32.5 Å². The number of benzene rings is 1. The molecule has 120 valence electrons. The molecule has 0 bridgehead atoms. The SMILES string of the molecule is CCN(CCC(F)(F)F)C(=O)[C@@H](C)Oc1ccc(C#N)cc1. The van der Waals surface area contributed by atoms with Gasteiger partial charge in [0.2, 0.25) is 0 Å². The van der Waals surface area contributed by atoms with Gasteiger partial charge in [-0.2, -0.15) is 18.4 Å². The molecule has 1 atom stereocenters. The van der Waals surface area contributed by atoms with Crippen LogP contribution in [0, 0.1) is 11.3 Å². The van der Waals surface area contributed by atoms with E-state index in [2.05, 4.69) is 0 Å². The normalized spacial score (nSPS) is 12.4. The molecular weight excluding hydrogens is 297 g/mol. The Morgan fingerprint density at radius 1 is 1.36 bits per heavy atom. The first-order chi connectivity index (χ1) is 10.3. The van der Waals surface area contributed by atoms with Gasteiger partial charge < -0.3 is 9.64 Å². The molecule has 0 aromatic heterocycles. The predicted octanol–water partition coefficient (Wildman–Crippen LogP) is 3.13. The van der Waals surface area contributed by atoms with Crippen LogP contribution >= 0.6 is 0 Å². The van der Waals surface area contributed by atoms with Crippen LogP contribution in [-0.4, -0.2) is 36.2 Å². The number of carbonyl (C=O) groups is 1. The first-order valence-electron chi connectivity index (χ1n) is 6.79. The van der Waals surface area contributed by atoms with Gasteiger partial charge in [-0.25, -0.2) is 0 Å². The number of ether oxygens (including phenoxy) is 1. The lowest BCUT2D eigenvalue weighted by Crippen LogP contribution is -2.41. The lowest BCUT2D eigenvalue weighted by molar-refractivity contribution is -0.148. The number of rotatable bonds is 6. The number of alkyl halides is 3. The Morgan fingerprint density at radius 2 is 1.95 bits per heavy atom. The number of halogens is 3. The van der Waals surface area contributed by atoms with Crippen LogP contribution in [0.5, 0.6) is 5.75 Å². The quantitative estimate of drug-likeness (QED) is 0.810. The molecule has 0 aliphatic carbocycles. The minimum Gasteiger partial charge on any atom is -0.481 e. The fraction of sp³-hybridized carbons (Fsp3) is 0.467. The van der Waals surface area contributed by atoms with Crippen LogP contribution in [0.2, 0.25) is 0 Å². The summed E-state index contributed by atoms with van der Waals surface area (Å²) in [6.45, 7) is 2.88. The number of hydrogen-bond donors (Lipinski definition) is 0. The second-order valence-corrected chi connectivity index (χ2v) is 4.68. The molecule has 0 aliphatic rings. The van der Waals surface area contributed by atoms with Gasteiger partial charge in [0.05, 0.1) is 18.1 Å². The summed E-state index contributed by atoms with van der Waals surface area (Å²) in [6.07, 6.45) is -6.25. The van der Waals surface area contributed by atoms with Crippen molar-refractivity contribution < 1.29 is 22.7 Å². The fourth-order valence-electron chi connectivity index (χ4n) is 1.81. The smallest absolute Gasteiger partial charge is 0.390 e. The number of likely N-dealkylation sites (N-methyl/N-ethyl adjacent to an activating group) is 1. The third-order valence-electron chi connectivity index (χ3n) is 3.00. The summed E-state index contributed by atoms with van der Waals surface area (Å²) >= 11 is 0. The highest BCUT2D eigenvalue weighted by Gasteiger charge is 2.30. The van der Waals surface area contributed by atoms with Crippen molar-refractivity contribution in [1.29, 1.82) is 5.26 Å². The number of hydrogen-bond acceptors (Lipinski definition) is 3. The Balaban J connectivity index is 2.63. The number of carbonyl (C=O) groups excluding carboxylic acids is 1. The highest BCUT2D eigenvalue weighted by Crippen LogP contribution is 2.20. The van der Waals surface area contributed by atoms with E-state index in [0.717, 1.165) is 4.90 Å². The van der Waals surface area contributed by atoms with Gasteiger partial charge in [-0.1, -0.05) is 0 Å².